The van der Waals surface area contributed by atoms with Crippen LogP contribution in [0.25, 0.3) is 11.1 Å². The summed E-state index contributed by atoms with van der Waals surface area (Å²) in [6.45, 7) is 13.4. The zero-order chi connectivity index (χ0) is 19.8. The number of carbonyl (C=O) groups is 1. The van der Waals surface area contributed by atoms with Crippen molar-refractivity contribution in [1.82, 2.24) is 0 Å². The van der Waals surface area contributed by atoms with E-state index in [9.17, 15) is 4.79 Å². The van der Waals surface area contributed by atoms with E-state index in [4.69, 9.17) is 0 Å². The Morgan fingerprint density at radius 2 is 1.59 bits per heavy atom. The summed E-state index contributed by atoms with van der Waals surface area (Å²) >= 11 is 0. The lowest BCUT2D eigenvalue weighted by Crippen LogP contribution is -2.33. The van der Waals surface area contributed by atoms with Gasteiger partial charge in [0, 0.05) is 12.0 Å². The fourth-order valence-electron chi connectivity index (χ4n) is 4.18. The number of carbonyl (C=O) groups excluding carboxylic acids is 1. The van der Waals surface area contributed by atoms with Crippen molar-refractivity contribution in [2.24, 2.45) is 0 Å². The first-order valence-electron chi connectivity index (χ1n) is 10.0. The molecule has 0 aliphatic heterocycles. The Balaban J connectivity index is 2.10. The van der Waals surface area contributed by atoms with Crippen molar-refractivity contribution in [1.29, 1.82) is 0 Å². The molecule has 27 heavy (non-hydrogen) atoms. The van der Waals surface area contributed by atoms with Gasteiger partial charge >= 0.3 is 0 Å². The highest BCUT2D eigenvalue weighted by Crippen LogP contribution is 2.47. The van der Waals surface area contributed by atoms with Crippen molar-refractivity contribution in [3.63, 3.8) is 0 Å². The summed E-state index contributed by atoms with van der Waals surface area (Å²) < 4.78 is 0. The van der Waals surface area contributed by atoms with Crippen molar-refractivity contribution in [3.05, 3.63) is 70.8 Å². The molecule has 2 aromatic rings. The molecule has 0 unspecified atom stereocenters. The number of ketones is 1. The van der Waals surface area contributed by atoms with E-state index in [0.29, 0.717) is 6.42 Å². The highest BCUT2D eigenvalue weighted by atomic mass is 16.1. The predicted octanol–water partition coefficient (Wildman–Crippen LogP) is 7.24. The number of allylic oxidation sites excluding steroid dienone is 2. The zero-order valence-corrected chi connectivity index (χ0v) is 17.6. The molecule has 0 saturated heterocycles. The Kier molecular flexibility index (Phi) is 5.16. The lowest BCUT2D eigenvalue weighted by atomic mass is 9.63. The van der Waals surface area contributed by atoms with Gasteiger partial charge in [-0.15, -0.1) is 0 Å². The molecule has 0 spiro atoms. The average Bonchev–Trinajstić information content (AvgIpc) is 2.65. The second-order valence-electron chi connectivity index (χ2n) is 9.31. The van der Waals surface area contributed by atoms with E-state index in [-0.39, 0.29) is 16.6 Å². The van der Waals surface area contributed by atoms with E-state index in [1.807, 2.05) is 38.1 Å². The summed E-state index contributed by atoms with van der Waals surface area (Å²) in [7, 11) is 0. The second kappa shape index (κ2) is 7.11. The van der Waals surface area contributed by atoms with Crippen LogP contribution < -0.4 is 0 Å². The van der Waals surface area contributed by atoms with Crippen molar-refractivity contribution in [2.45, 2.75) is 71.6 Å². The SMILES string of the molecule is CC=C(C)CC(=O)c1ccccc1-c1ccc2c(c1)C(C)(C)CCC2(C)C. The van der Waals surface area contributed by atoms with Crippen LogP contribution in [0.15, 0.2) is 54.1 Å². The molecule has 0 amide bonds. The highest BCUT2D eigenvalue weighted by molar-refractivity contribution is 6.03. The molecule has 0 saturated carbocycles. The minimum Gasteiger partial charge on any atom is -0.294 e. The molecular weight excluding hydrogens is 328 g/mol. The number of rotatable bonds is 4. The van der Waals surface area contributed by atoms with Gasteiger partial charge in [-0.1, -0.05) is 81.8 Å². The van der Waals surface area contributed by atoms with Crippen molar-refractivity contribution >= 4 is 5.78 Å². The Morgan fingerprint density at radius 3 is 2.26 bits per heavy atom. The number of Topliss-reactive ketones (excluding diaryl/α,β-unsaturated/α-hetero) is 1. The Labute approximate surface area is 164 Å². The summed E-state index contributed by atoms with van der Waals surface area (Å²) in [6.07, 6.45) is 4.91. The van der Waals surface area contributed by atoms with E-state index < -0.39 is 0 Å². The first-order chi connectivity index (χ1) is 12.7. The first-order valence-corrected chi connectivity index (χ1v) is 10.0. The summed E-state index contributed by atoms with van der Waals surface area (Å²) in [5.74, 6) is 0.193. The molecule has 0 bridgehead atoms. The molecule has 0 aromatic heterocycles. The molecule has 1 aliphatic rings. The van der Waals surface area contributed by atoms with Crippen LogP contribution in [0, 0.1) is 0 Å². The van der Waals surface area contributed by atoms with Crippen molar-refractivity contribution < 1.29 is 4.79 Å². The maximum atomic E-state index is 12.9. The maximum Gasteiger partial charge on any atom is 0.167 e. The van der Waals surface area contributed by atoms with E-state index in [1.54, 1.807) is 0 Å². The van der Waals surface area contributed by atoms with Crippen molar-refractivity contribution in [2.75, 3.05) is 0 Å². The molecule has 2 aromatic carbocycles. The molecule has 0 fully saturated rings. The van der Waals surface area contributed by atoms with Crippen LogP contribution in [-0.4, -0.2) is 5.78 Å². The summed E-state index contributed by atoms with van der Waals surface area (Å²) in [4.78, 5) is 12.9. The standard InChI is InChI=1S/C26H32O/c1-7-18(2)16-24(27)21-11-9-8-10-20(21)19-12-13-22-23(17-19)26(5,6)15-14-25(22,3)4/h7-13,17H,14-16H2,1-6H3. The third kappa shape index (κ3) is 3.78. The van der Waals surface area contributed by atoms with Gasteiger partial charge in [0.2, 0.25) is 0 Å². The number of fused-ring (bicyclic) bond motifs is 1. The summed E-state index contributed by atoms with van der Waals surface area (Å²) in [5.41, 5.74) is 7.41. The lowest BCUT2D eigenvalue weighted by Gasteiger charge is -2.42. The summed E-state index contributed by atoms with van der Waals surface area (Å²) in [6, 6.07) is 14.9. The smallest absolute Gasteiger partial charge is 0.167 e. The van der Waals surface area contributed by atoms with Gasteiger partial charge in [0.25, 0.3) is 0 Å². The highest BCUT2D eigenvalue weighted by Gasteiger charge is 2.37. The molecule has 1 heteroatoms. The van der Waals surface area contributed by atoms with Gasteiger partial charge < -0.3 is 0 Å². The van der Waals surface area contributed by atoms with Gasteiger partial charge in [-0.05, 0) is 59.8 Å². The normalized spacial score (nSPS) is 18.1. The summed E-state index contributed by atoms with van der Waals surface area (Å²) in [5, 5.41) is 0. The Bertz CT molecular complexity index is 896. The molecule has 1 nitrogen and oxygen atoms in total. The topological polar surface area (TPSA) is 17.1 Å². The first kappa shape index (κ1) is 19.6. The van der Waals surface area contributed by atoms with Gasteiger partial charge in [-0.3, -0.25) is 4.79 Å². The van der Waals surface area contributed by atoms with Crippen LogP contribution in [-0.2, 0) is 10.8 Å². The quantitative estimate of drug-likeness (QED) is 0.415. The van der Waals surface area contributed by atoms with E-state index in [0.717, 1.165) is 22.3 Å². The van der Waals surface area contributed by atoms with E-state index in [2.05, 4.69) is 52.0 Å². The molecule has 1 aliphatic carbocycles. The van der Waals surface area contributed by atoms with Crippen LogP contribution in [0.1, 0.15) is 82.3 Å². The van der Waals surface area contributed by atoms with Crippen LogP contribution in [0.3, 0.4) is 0 Å². The third-order valence-corrected chi connectivity index (χ3v) is 6.32. The average molecular weight is 361 g/mol. The van der Waals surface area contributed by atoms with Crippen LogP contribution in [0.5, 0.6) is 0 Å². The van der Waals surface area contributed by atoms with E-state index >= 15 is 0 Å². The fourth-order valence-corrected chi connectivity index (χ4v) is 4.18. The molecule has 0 N–H and O–H groups in total. The molecule has 142 valence electrons. The largest absolute Gasteiger partial charge is 0.294 e. The van der Waals surface area contributed by atoms with Gasteiger partial charge in [-0.25, -0.2) is 0 Å². The predicted molar refractivity (Wildman–Crippen MR) is 116 cm³/mol. The van der Waals surface area contributed by atoms with Gasteiger partial charge in [0.05, 0.1) is 0 Å². The minimum atomic E-state index is 0.168. The molecular formula is C26H32O. The lowest BCUT2D eigenvalue weighted by molar-refractivity contribution is 0.0993. The molecule has 0 heterocycles. The minimum absolute atomic E-state index is 0.168. The maximum absolute atomic E-state index is 12.9. The van der Waals surface area contributed by atoms with Crippen LogP contribution in [0.4, 0.5) is 0 Å². The molecule has 0 atom stereocenters. The zero-order valence-electron chi connectivity index (χ0n) is 17.6. The van der Waals surface area contributed by atoms with Gasteiger partial charge in [0.1, 0.15) is 0 Å². The Hall–Kier alpha value is -2.15. The third-order valence-electron chi connectivity index (χ3n) is 6.32. The van der Waals surface area contributed by atoms with Crippen molar-refractivity contribution in [3.8, 4) is 11.1 Å². The second-order valence-corrected chi connectivity index (χ2v) is 9.31. The number of hydrogen-bond acceptors (Lipinski definition) is 1. The number of benzene rings is 2. The molecule has 0 radical (unpaired) electrons. The fraction of sp³-hybridized carbons (Fsp3) is 0.423. The van der Waals surface area contributed by atoms with E-state index in [1.165, 1.54) is 24.0 Å². The Morgan fingerprint density at radius 1 is 0.963 bits per heavy atom. The van der Waals surface area contributed by atoms with Crippen LogP contribution >= 0.6 is 0 Å². The molecule has 3 rings (SSSR count). The number of hydrogen-bond donors (Lipinski definition) is 0. The monoisotopic (exact) mass is 360 g/mol. The van der Waals surface area contributed by atoms with Crippen LogP contribution in [0.2, 0.25) is 0 Å². The van der Waals surface area contributed by atoms with Gasteiger partial charge in [0.15, 0.2) is 5.78 Å². The van der Waals surface area contributed by atoms with Gasteiger partial charge in [-0.2, -0.15) is 0 Å².